The summed E-state index contributed by atoms with van der Waals surface area (Å²) in [6.07, 6.45) is 2.88. The third-order valence-electron chi connectivity index (χ3n) is 3.89. The second-order valence-corrected chi connectivity index (χ2v) is 8.12. The molecule has 0 fully saturated rings. The molecule has 7 nitrogen and oxygen atoms in total. The predicted molar refractivity (Wildman–Crippen MR) is 92.0 cm³/mol. The fourth-order valence-corrected chi connectivity index (χ4v) is 3.78. The van der Waals surface area contributed by atoms with Gasteiger partial charge >= 0.3 is 0 Å². The summed E-state index contributed by atoms with van der Waals surface area (Å²) in [7, 11) is -4.04. The predicted octanol–water partition coefficient (Wildman–Crippen LogP) is 1.98. The maximum absolute atomic E-state index is 12.5. The largest absolute Gasteiger partial charge is 0.477 e. The van der Waals surface area contributed by atoms with Crippen molar-refractivity contribution in [1.82, 2.24) is 14.5 Å². The molecule has 2 aromatic rings. The highest BCUT2D eigenvalue weighted by molar-refractivity contribution is 7.90. The van der Waals surface area contributed by atoms with Gasteiger partial charge in [0.05, 0.1) is 12.8 Å². The Morgan fingerprint density at radius 2 is 2.04 bits per heavy atom. The zero-order chi connectivity index (χ0) is 18.0. The van der Waals surface area contributed by atoms with Crippen molar-refractivity contribution in [1.29, 1.82) is 0 Å². The SMILES string of the molecule is CC(C)Cc1ccc(C(=O)NS(=O)(=O)c2cnn3c2OCCC3)cc1. The van der Waals surface area contributed by atoms with Crippen LogP contribution in [0.2, 0.25) is 0 Å². The Labute approximate surface area is 147 Å². The lowest BCUT2D eigenvalue weighted by Gasteiger charge is -2.16. The van der Waals surface area contributed by atoms with E-state index in [4.69, 9.17) is 4.74 Å². The van der Waals surface area contributed by atoms with Gasteiger partial charge in [0, 0.05) is 18.5 Å². The Morgan fingerprint density at radius 1 is 1.32 bits per heavy atom. The van der Waals surface area contributed by atoms with E-state index in [2.05, 4.69) is 23.7 Å². The first-order valence-electron chi connectivity index (χ1n) is 8.21. The van der Waals surface area contributed by atoms with Gasteiger partial charge in [-0.3, -0.25) is 4.79 Å². The smallest absolute Gasteiger partial charge is 0.271 e. The van der Waals surface area contributed by atoms with Gasteiger partial charge in [0.1, 0.15) is 0 Å². The molecule has 0 saturated heterocycles. The van der Waals surface area contributed by atoms with Crippen molar-refractivity contribution in [3.63, 3.8) is 0 Å². The van der Waals surface area contributed by atoms with Gasteiger partial charge in [-0.2, -0.15) is 5.10 Å². The van der Waals surface area contributed by atoms with Gasteiger partial charge in [0.2, 0.25) is 5.88 Å². The van der Waals surface area contributed by atoms with Crippen molar-refractivity contribution in [2.75, 3.05) is 6.61 Å². The summed E-state index contributed by atoms with van der Waals surface area (Å²) in [5.74, 6) is 0.0132. The summed E-state index contributed by atoms with van der Waals surface area (Å²) in [4.78, 5) is 12.2. The molecule has 0 unspecified atom stereocenters. The van der Waals surface area contributed by atoms with Crippen LogP contribution < -0.4 is 9.46 Å². The summed E-state index contributed by atoms with van der Waals surface area (Å²) in [6, 6.07) is 6.94. The van der Waals surface area contributed by atoms with Crippen molar-refractivity contribution in [2.45, 2.75) is 38.1 Å². The van der Waals surface area contributed by atoms with Crippen LogP contribution >= 0.6 is 0 Å². The molecule has 0 spiro atoms. The van der Waals surface area contributed by atoms with Crippen molar-refractivity contribution in [2.24, 2.45) is 5.92 Å². The van der Waals surface area contributed by atoms with Gasteiger partial charge in [-0.15, -0.1) is 0 Å². The minimum absolute atomic E-state index is 0.114. The summed E-state index contributed by atoms with van der Waals surface area (Å²) in [5.41, 5.74) is 1.39. The maximum Gasteiger partial charge on any atom is 0.271 e. The van der Waals surface area contributed by atoms with Crippen LogP contribution in [0.1, 0.15) is 36.2 Å². The number of aromatic nitrogens is 2. The molecule has 2 heterocycles. The van der Waals surface area contributed by atoms with E-state index >= 15 is 0 Å². The summed E-state index contributed by atoms with van der Waals surface area (Å²) >= 11 is 0. The number of rotatable bonds is 5. The molecule has 0 aliphatic carbocycles. The number of benzene rings is 1. The van der Waals surface area contributed by atoms with Crippen molar-refractivity contribution in [3.05, 3.63) is 41.6 Å². The van der Waals surface area contributed by atoms with Crippen LogP contribution in [0.15, 0.2) is 35.4 Å². The van der Waals surface area contributed by atoms with E-state index in [0.29, 0.717) is 19.1 Å². The zero-order valence-electron chi connectivity index (χ0n) is 14.2. The molecular formula is C17H21N3O4S. The molecule has 0 radical (unpaired) electrons. The number of amides is 1. The molecule has 8 heteroatoms. The van der Waals surface area contributed by atoms with E-state index in [0.717, 1.165) is 18.4 Å². The fourth-order valence-electron chi connectivity index (χ4n) is 2.73. The molecule has 0 bridgehead atoms. The van der Waals surface area contributed by atoms with E-state index in [-0.39, 0.29) is 16.3 Å². The summed E-state index contributed by atoms with van der Waals surface area (Å²) in [5, 5.41) is 4.00. The highest BCUT2D eigenvalue weighted by atomic mass is 32.2. The van der Waals surface area contributed by atoms with E-state index in [1.807, 2.05) is 12.1 Å². The van der Waals surface area contributed by atoms with Gasteiger partial charge in [0.15, 0.2) is 4.90 Å². The third-order valence-corrected chi connectivity index (χ3v) is 5.20. The second-order valence-electron chi connectivity index (χ2n) is 6.47. The third kappa shape index (κ3) is 3.84. The molecule has 25 heavy (non-hydrogen) atoms. The topological polar surface area (TPSA) is 90.3 Å². The number of aryl methyl sites for hydroxylation is 1. The zero-order valence-corrected chi connectivity index (χ0v) is 15.0. The quantitative estimate of drug-likeness (QED) is 0.877. The molecule has 0 atom stereocenters. The monoisotopic (exact) mass is 363 g/mol. The average Bonchev–Trinajstić information content (AvgIpc) is 2.99. The lowest BCUT2D eigenvalue weighted by Crippen LogP contribution is -2.31. The van der Waals surface area contributed by atoms with Crippen LogP contribution in [0.3, 0.4) is 0 Å². The van der Waals surface area contributed by atoms with Crippen LogP contribution in [0, 0.1) is 5.92 Å². The molecule has 1 aliphatic rings. The van der Waals surface area contributed by atoms with Crippen LogP contribution in [0.4, 0.5) is 0 Å². The fraction of sp³-hybridized carbons (Fsp3) is 0.412. The number of carbonyl (C=O) groups excluding carboxylic acids is 1. The summed E-state index contributed by atoms with van der Waals surface area (Å²) in [6.45, 7) is 5.25. The van der Waals surface area contributed by atoms with E-state index in [1.165, 1.54) is 10.9 Å². The van der Waals surface area contributed by atoms with Crippen LogP contribution in [0.25, 0.3) is 0 Å². The van der Waals surface area contributed by atoms with Gasteiger partial charge in [-0.25, -0.2) is 17.8 Å². The van der Waals surface area contributed by atoms with E-state index in [1.54, 1.807) is 12.1 Å². The number of nitrogens with zero attached hydrogens (tertiary/aromatic N) is 2. The Bertz CT molecular complexity index is 870. The minimum atomic E-state index is -4.04. The molecule has 134 valence electrons. The molecule has 1 aromatic heterocycles. The molecule has 1 N–H and O–H groups in total. The number of hydrogen-bond donors (Lipinski definition) is 1. The first-order valence-corrected chi connectivity index (χ1v) is 9.70. The number of ether oxygens (including phenoxy) is 1. The van der Waals surface area contributed by atoms with E-state index < -0.39 is 15.9 Å². The van der Waals surface area contributed by atoms with Crippen molar-refractivity contribution < 1.29 is 17.9 Å². The van der Waals surface area contributed by atoms with Crippen LogP contribution in [0.5, 0.6) is 5.88 Å². The number of nitrogens with one attached hydrogen (secondary N) is 1. The number of hydrogen-bond acceptors (Lipinski definition) is 5. The van der Waals surface area contributed by atoms with Gasteiger partial charge < -0.3 is 4.74 Å². The Hall–Kier alpha value is -2.35. The highest BCUT2D eigenvalue weighted by Crippen LogP contribution is 2.26. The molecule has 3 rings (SSSR count). The molecule has 1 aliphatic heterocycles. The van der Waals surface area contributed by atoms with Crippen molar-refractivity contribution >= 4 is 15.9 Å². The maximum atomic E-state index is 12.5. The average molecular weight is 363 g/mol. The lowest BCUT2D eigenvalue weighted by atomic mass is 10.0. The molecule has 0 saturated carbocycles. The van der Waals surface area contributed by atoms with Crippen LogP contribution in [-0.4, -0.2) is 30.7 Å². The summed E-state index contributed by atoms with van der Waals surface area (Å²) < 4.78 is 34.0. The number of carbonyl (C=O) groups is 1. The van der Waals surface area contributed by atoms with Gasteiger partial charge in [-0.1, -0.05) is 26.0 Å². The molecule has 1 aromatic carbocycles. The first-order chi connectivity index (χ1) is 11.9. The number of fused-ring (bicyclic) bond motifs is 1. The van der Waals surface area contributed by atoms with Gasteiger partial charge in [0.25, 0.3) is 15.9 Å². The number of sulfonamides is 1. The normalized spacial score (nSPS) is 14.0. The lowest BCUT2D eigenvalue weighted by molar-refractivity contribution is 0.0981. The highest BCUT2D eigenvalue weighted by Gasteiger charge is 2.28. The molecule has 1 amide bonds. The standard InChI is InChI=1S/C17H21N3O4S/c1-12(2)10-13-4-6-14(7-5-13)16(21)19-25(22,23)15-11-18-20-8-3-9-24-17(15)20/h4-7,11-12H,3,8-10H2,1-2H3,(H,19,21). The van der Waals surface area contributed by atoms with Crippen LogP contribution in [-0.2, 0) is 23.0 Å². The van der Waals surface area contributed by atoms with Crippen molar-refractivity contribution in [3.8, 4) is 5.88 Å². The Morgan fingerprint density at radius 3 is 2.72 bits per heavy atom. The van der Waals surface area contributed by atoms with E-state index in [9.17, 15) is 13.2 Å². The van der Waals surface area contributed by atoms with Gasteiger partial charge in [-0.05, 0) is 30.0 Å². The Kier molecular flexibility index (Phi) is 4.80. The first kappa shape index (κ1) is 17.5. The second kappa shape index (κ2) is 6.87. The Balaban J connectivity index is 1.76. The minimum Gasteiger partial charge on any atom is -0.477 e. The molecular weight excluding hydrogens is 342 g/mol.